The van der Waals surface area contributed by atoms with Crippen LogP contribution in [0.3, 0.4) is 0 Å². The maximum atomic E-state index is 7.05. The van der Waals surface area contributed by atoms with Gasteiger partial charge >= 0.3 is 0 Å². The Morgan fingerprint density at radius 2 is 0.651 bits per heavy atom. The van der Waals surface area contributed by atoms with E-state index in [0.717, 1.165) is 26.1 Å². The molecule has 0 amide bonds. The maximum Gasteiger partial charge on any atom is 0.0974 e. The van der Waals surface area contributed by atoms with E-state index in [1.807, 2.05) is 38.0 Å². The van der Waals surface area contributed by atoms with Crippen molar-refractivity contribution in [3.8, 4) is 0 Å². The Labute approximate surface area is 280 Å². The lowest BCUT2D eigenvalue weighted by Crippen LogP contribution is -2.57. The van der Waals surface area contributed by atoms with Gasteiger partial charge in [-0.25, -0.2) is 0 Å². The molecular formula is C37H76Cl2N2O2. The van der Waals surface area contributed by atoms with Gasteiger partial charge in [-0.2, -0.15) is 0 Å². The third kappa shape index (κ3) is 23.4. The molecule has 4 nitrogen and oxygen atoms in total. The average Bonchev–Trinajstić information content (AvgIpc) is 2.99. The molecule has 0 fully saturated rings. The van der Waals surface area contributed by atoms with Crippen LogP contribution in [-0.4, -0.2) is 75.4 Å². The van der Waals surface area contributed by atoms with Gasteiger partial charge in [-0.3, -0.25) is 9.80 Å². The second-order valence-corrected chi connectivity index (χ2v) is 14.5. The van der Waals surface area contributed by atoms with Crippen LogP contribution in [0.1, 0.15) is 168 Å². The molecule has 0 bridgehead atoms. The average molecular weight is 652 g/mol. The monoisotopic (exact) mass is 651 g/mol. The highest BCUT2D eigenvalue weighted by atomic mass is 35.5. The number of unbranched alkanes of at least 4 members (excludes halogenated alkanes) is 22. The Morgan fingerprint density at radius 3 is 0.884 bits per heavy atom. The first-order chi connectivity index (χ1) is 20.8. The molecule has 260 valence electrons. The van der Waals surface area contributed by atoms with E-state index in [0.29, 0.717) is 13.2 Å². The summed E-state index contributed by atoms with van der Waals surface area (Å²) in [5, 5.41) is 0. The van der Waals surface area contributed by atoms with E-state index in [4.69, 9.17) is 32.7 Å². The van der Waals surface area contributed by atoms with Crippen molar-refractivity contribution in [3.05, 3.63) is 0 Å². The SMILES string of the molecule is CCCCCCCCCCCCCCOCC(COCCCCCCCCCCCCCC)(C(Cl)N(C)C)C(Cl)N(C)C. The molecule has 0 N–H and O–H groups in total. The Hall–Kier alpha value is 0.420. The standard InChI is InChI=1S/C37H76Cl2N2O2/c1-7-9-11-13-15-17-19-21-23-25-27-29-31-42-33-37(35(38)40(3)4,36(39)41(5)6)34-43-32-30-28-26-24-22-20-18-16-14-12-10-8-2/h35-36H,7-34H2,1-6H3. The third-order valence-corrected chi connectivity index (χ3v) is 10.5. The number of ether oxygens (including phenoxy) is 2. The summed E-state index contributed by atoms with van der Waals surface area (Å²) in [6.45, 7) is 7.09. The molecule has 43 heavy (non-hydrogen) atoms. The molecule has 0 aromatic heterocycles. The zero-order valence-corrected chi connectivity index (χ0v) is 31.4. The van der Waals surface area contributed by atoms with Crippen LogP contribution in [0.5, 0.6) is 0 Å². The van der Waals surface area contributed by atoms with E-state index in [9.17, 15) is 0 Å². The zero-order chi connectivity index (χ0) is 32.0. The Balaban J connectivity index is 4.33. The minimum atomic E-state index is -0.523. The fourth-order valence-electron chi connectivity index (χ4n) is 6.07. The van der Waals surface area contributed by atoms with Crippen LogP contribution in [-0.2, 0) is 9.47 Å². The summed E-state index contributed by atoms with van der Waals surface area (Å²) in [5.41, 5.74) is -1.10. The van der Waals surface area contributed by atoms with Crippen LogP contribution in [0, 0.1) is 5.41 Å². The summed E-state index contributed by atoms with van der Waals surface area (Å²) >= 11 is 14.1. The Bertz CT molecular complexity index is 517. The lowest BCUT2D eigenvalue weighted by molar-refractivity contribution is -0.0665. The summed E-state index contributed by atoms with van der Waals surface area (Å²) in [4.78, 5) is 4.08. The minimum absolute atomic E-state index is 0.290. The molecule has 0 spiro atoms. The second-order valence-electron chi connectivity index (χ2n) is 13.7. The van der Waals surface area contributed by atoms with Crippen LogP contribution >= 0.6 is 23.2 Å². The predicted molar refractivity (Wildman–Crippen MR) is 193 cm³/mol. The minimum Gasteiger partial charge on any atom is -0.381 e. The molecule has 6 heteroatoms. The van der Waals surface area contributed by atoms with Gasteiger partial charge in [-0.1, -0.05) is 155 Å². The molecule has 0 aliphatic rings. The van der Waals surface area contributed by atoms with Crippen LogP contribution in [0.2, 0.25) is 0 Å². The van der Waals surface area contributed by atoms with Gasteiger partial charge in [0.1, 0.15) is 0 Å². The van der Waals surface area contributed by atoms with Crippen LogP contribution in [0.25, 0.3) is 0 Å². The van der Waals surface area contributed by atoms with Gasteiger partial charge in [0, 0.05) is 13.2 Å². The van der Waals surface area contributed by atoms with Gasteiger partial charge < -0.3 is 9.47 Å². The molecule has 0 saturated heterocycles. The summed E-state index contributed by atoms with van der Waals surface area (Å²) in [7, 11) is 8.06. The number of hydrogen-bond acceptors (Lipinski definition) is 4. The normalized spacial score (nSPS) is 13.8. The Morgan fingerprint density at radius 1 is 0.419 bits per heavy atom. The van der Waals surface area contributed by atoms with Gasteiger partial charge in [0.05, 0.1) is 29.6 Å². The quantitative estimate of drug-likeness (QED) is 0.0393. The Kier molecular flexibility index (Phi) is 31.3. The molecule has 0 aromatic carbocycles. The summed E-state index contributed by atoms with van der Waals surface area (Å²) in [6, 6.07) is 0. The number of hydrogen-bond donors (Lipinski definition) is 0. The third-order valence-electron chi connectivity index (χ3n) is 8.88. The molecule has 0 aliphatic heterocycles. The molecule has 0 aromatic rings. The first-order valence-corrected chi connectivity index (χ1v) is 19.5. The maximum absolute atomic E-state index is 7.05. The summed E-state index contributed by atoms with van der Waals surface area (Å²) in [6.07, 6.45) is 32.3. The van der Waals surface area contributed by atoms with Crippen LogP contribution in [0.4, 0.5) is 0 Å². The molecular weight excluding hydrogens is 575 g/mol. The van der Waals surface area contributed by atoms with Crippen molar-refractivity contribution < 1.29 is 9.47 Å². The van der Waals surface area contributed by atoms with Gasteiger partial charge in [-0.15, -0.1) is 23.2 Å². The van der Waals surface area contributed by atoms with Crippen molar-refractivity contribution in [3.63, 3.8) is 0 Å². The summed E-state index contributed by atoms with van der Waals surface area (Å²) < 4.78 is 12.6. The number of nitrogens with zero attached hydrogens (tertiary/aromatic N) is 2. The summed E-state index contributed by atoms with van der Waals surface area (Å²) in [5.74, 6) is 0. The number of alkyl halides is 2. The van der Waals surface area contributed by atoms with E-state index < -0.39 is 5.41 Å². The van der Waals surface area contributed by atoms with Crippen molar-refractivity contribution in [2.24, 2.45) is 5.41 Å². The van der Waals surface area contributed by atoms with Crippen molar-refractivity contribution in [2.75, 3.05) is 54.6 Å². The highest BCUT2D eigenvalue weighted by Crippen LogP contribution is 2.37. The lowest BCUT2D eigenvalue weighted by atomic mass is 9.87. The van der Waals surface area contributed by atoms with E-state index >= 15 is 0 Å². The smallest absolute Gasteiger partial charge is 0.0974 e. The highest BCUT2D eigenvalue weighted by molar-refractivity contribution is 6.24. The first kappa shape index (κ1) is 43.4. The second kappa shape index (κ2) is 31.0. The molecule has 0 aliphatic carbocycles. The highest BCUT2D eigenvalue weighted by Gasteiger charge is 2.47. The topological polar surface area (TPSA) is 24.9 Å². The van der Waals surface area contributed by atoms with Gasteiger partial charge in [0.15, 0.2) is 0 Å². The molecule has 2 atom stereocenters. The van der Waals surface area contributed by atoms with Gasteiger partial charge in [-0.05, 0) is 41.0 Å². The van der Waals surface area contributed by atoms with Gasteiger partial charge in [0.2, 0.25) is 0 Å². The zero-order valence-electron chi connectivity index (χ0n) is 29.9. The van der Waals surface area contributed by atoms with E-state index in [-0.39, 0.29) is 11.0 Å². The number of halogens is 2. The molecule has 0 radical (unpaired) electrons. The van der Waals surface area contributed by atoms with Crippen LogP contribution in [0.15, 0.2) is 0 Å². The van der Waals surface area contributed by atoms with Crippen molar-refractivity contribution >= 4 is 23.2 Å². The molecule has 0 heterocycles. The lowest BCUT2D eigenvalue weighted by Gasteiger charge is -2.45. The van der Waals surface area contributed by atoms with E-state index in [1.165, 1.54) is 141 Å². The van der Waals surface area contributed by atoms with E-state index in [2.05, 4.69) is 13.8 Å². The molecule has 0 rings (SSSR count). The van der Waals surface area contributed by atoms with Crippen LogP contribution < -0.4 is 0 Å². The molecule has 2 unspecified atom stereocenters. The number of rotatable bonds is 34. The van der Waals surface area contributed by atoms with E-state index in [1.54, 1.807) is 0 Å². The largest absolute Gasteiger partial charge is 0.381 e. The fraction of sp³-hybridized carbons (Fsp3) is 1.00. The van der Waals surface area contributed by atoms with Crippen molar-refractivity contribution in [2.45, 2.75) is 179 Å². The predicted octanol–water partition coefficient (Wildman–Crippen LogP) is 11.7. The molecule has 0 saturated carbocycles. The first-order valence-electron chi connectivity index (χ1n) is 18.6. The van der Waals surface area contributed by atoms with Gasteiger partial charge in [0.25, 0.3) is 0 Å². The fourth-order valence-corrected chi connectivity index (χ4v) is 6.63. The van der Waals surface area contributed by atoms with Crippen molar-refractivity contribution in [1.82, 2.24) is 9.80 Å². The van der Waals surface area contributed by atoms with Crippen molar-refractivity contribution in [1.29, 1.82) is 0 Å².